The van der Waals surface area contributed by atoms with Crippen LogP contribution in [0.15, 0.2) is 53.4 Å². The van der Waals surface area contributed by atoms with E-state index in [4.69, 9.17) is 5.26 Å². The fourth-order valence-corrected chi connectivity index (χ4v) is 3.16. The van der Waals surface area contributed by atoms with Gasteiger partial charge in [0, 0.05) is 17.2 Å². The number of hydrogen-bond acceptors (Lipinski definition) is 4. The number of fused-ring (bicyclic) bond motifs is 1. The van der Waals surface area contributed by atoms with E-state index >= 15 is 0 Å². The van der Waals surface area contributed by atoms with Gasteiger partial charge < -0.3 is 0 Å². The zero-order valence-electron chi connectivity index (χ0n) is 11.7. The van der Waals surface area contributed by atoms with Gasteiger partial charge in [-0.25, -0.2) is 0 Å². The number of rotatable bonds is 4. The van der Waals surface area contributed by atoms with Crippen molar-refractivity contribution in [2.45, 2.75) is 4.90 Å². The van der Waals surface area contributed by atoms with Crippen LogP contribution in [-0.2, 0) is 0 Å². The van der Waals surface area contributed by atoms with Crippen molar-refractivity contribution in [1.82, 2.24) is 4.90 Å². The zero-order valence-corrected chi connectivity index (χ0v) is 12.5. The Kier molecular flexibility index (Phi) is 3.94. The summed E-state index contributed by atoms with van der Waals surface area (Å²) in [6.45, 7) is 0.372. The molecule has 2 aromatic carbocycles. The Morgan fingerprint density at radius 1 is 0.955 bits per heavy atom. The number of carbonyl (C=O) groups excluding carboxylic acids is 2. The summed E-state index contributed by atoms with van der Waals surface area (Å²) in [6, 6.07) is 16.2. The van der Waals surface area contributed by atoms with Gasteiger partial charge in [0.25, 0.3) is 11.8 Å². The van der Waals surface area contributed by atoms with Crippen LogP contribution in [-0.4, -0.2) is 29.0 Å². The Bertz CT molecular complexity index is 743. The zero-order chi connectivity index (χ0) is 15.5. The fraction of sp³-hybridized carbons (Fsp3) is 0.118. The van der Waals surface area contributed by atoms with E-state index in [9.17, 15) is 9.59 Å². The molecule has 1 aliphatic rings. The number of nitriles is 1. The number of thioether (sulfide) groups is 1. The molecule has 0 spiro atoms. The van der Waals surface area contributed by atoms with Crippen molar-refractivity contribution in [2.75, 3.05) is 12.3 Å². The summed E-state index contributed by atoms with van der Waals surface area (Å²) >= 11 is 1.55. The van der Waals surface area contributed by atoms with Gasteiger partial charge in [0.05, 0.1) is 22.8 Å². The van der Waals surface area contributed by atoms with E-state index in [1.165, 1.54) is 4.90 Å². The average molecular weight is 308 g/mol. The van der Waals surface area contributed by atoms with Gasteiger partial charge in [-0.15, -0.1) is 11.8 Å². The lowest BCUT2D eigenvalue weighted by Crippen LogP contribution is -2.31. The second-order valence-electron chi connectivity index (χ2n) is 4.79. The molecule has 0 radical (unpaired) electrons. The Morgan fingerprint density at radius 2 is 1.55 bits per heavy atom. The minimum atomic E-state index is -0.221. The molecule has 0 N–H and O–H groups in total. The lowest BCUT2D eigenvalue weighted by molar-refractivity contribution is 0.0664. The Labute approximate surface area is 132 Å². The topological polar surface area (TPSA) is 61.2 Å². The normalized spacial score (nSPS) is 13.1. The molecular formula is C17H12N2O2S. The molecule has 2 amide bonds. The van der Waals surface area contributed by atoms with Crippen molar-refractivity contribution < 1.29 is 9.59 Å². The van der Waals surface area contributed by atoms with Gasteiger partial charge in [0.15, 0.2) is 0 Å². The van der Waals surface area contributed by atoms with Crippen LogP contribution in [0.2, 0.25) is 0 Å². The largest absolute Gasteiger partial charge is 0.273 e. The molecule has 22 heavy (non-hydrogen) atoms. The first-order valence-electron chi connectivity index (χ1n) is 6.79. The SMILES string of the molecule is N#Cc1ccc(SCCN2C(=O)c3ccccc3C2=O)cc1. The van der Waals surface area contributed by atoms with E-state index in [1.54, 1.807) is 48.2 Å². The maximum atomic E-state index is 12.2. The van der Waals surface area contributed by atoms with Gasteiger partial charge in [-0.2, -0.15) is 5.26 Å². The molecule has 3 rings (SSSR count). The number of nitrogens with zero attached hydrogens (tertiary/aromatic N) is 2. The van der Waals surface area contributed by atoms with E-state index in [0.717, 1.165) is 4.90 Å². The minimum absolute atomic E-state index is 0.221. The number of hydrogen-bond donors (Lipinski definition) is 0. The fourth-order valence-electron chi connectivity index (χ4n) is 2.32. The molecule has 1 heterocycles. The summed E-state index contributed by atoms with van der Waals surface area (Å²) in [5, 5.41) is 8.75. The molecule has 0 saturated carbocycles. The van der Waals surface area contributed by atoms with Crippen LogP contribution in [0.4, 0.5) is 0 Å². The van der Waals surface area contributed by atoms with Crippen LogP contribution in [0, 0.1) is 11.3 Å². The third kappa shape index (κ3) is 2.61. The molecule has 4 nitrogen and oxygen atoms in total. The summed E-state index contributed by atoms with van der Waals surface area (Å²) in [5.41, 5.74) is 1.58. The van der Waals surface area contributed by atoms with Gasteiger partial charge in [-0.1, -0.05) is 12.1 Å². The summed E-state index contributed by atoms with van der Waals surface area (Å²) in [7, 11) is 0. The summed E-state index contributed by atoms with van der Waals surface area (Å²) in [6.07, 6.45) is 0. The highest BCUT2D eigenvalue weighted by Crippen LogP contribution is 2.24. The van der Waals surface area contributed by atoms with E-state index in [-0.39, 0.29) is 11.8 Å². The maximum absolute atomic E-state index is 12.2. The van der Waals surface area contributed by atoms with E-state index in [1.807, 2.05) is 12.1 Å². The van der Waals surface area contributed by atoms with Crippen molar-refractivity contribution in [3.8, 4) is 6.07 Å². The van der Waals surface area contributed by atoms with Crippen LogP contribution in [0.3, 0.4) is 0 Å². The second-order valence-corrected chi connectivity index (χ2v) is 5.96. The molecule has 0 bridgehead atoms. The predicted octanol–water partition coefficient (Wildman–Crippen LogP) is 2.95. The highest BCUT2D eigenvalue weighted by atomic mass is 32.2. The van der Waals surface area contributed by atoms with E-state index < -0.39 is 0 Å². The molecule has 1 aliphatic heterocycles. The van der Waals surface area contributed by atoms with Crippen LogP contribution >= 0.6 is 11.8 Å². The number of carbonyl (C=O) groups is 2. The van der Waals surface area contributed by atoms with Gasteiger partial charge in [-0.3, -0.25) is 14.5 Å². The third-order valence-corrected chi connectivity index (χ3v) is 4.44. The molecule has 5 heteroatoms. The van der Waals surface area contributed by atoms with Crippen molar-refractivity contribution >= 4 is 23.6 Å². The summed E-state index contributed by atoms with van der Waals surface area (Å²) in [4.78, 5) is 26.7. The number of amides is 2. The Balaban J connectivity index is 1.62. The minimum Gasteiger partial charge on any atom is -0.273 e. The molecule has 0 unspecified atom stereocenters. The monoisotopic (exact) mass is 308 g/mol. The van der Waals surface area contributed by atoms with E-state index in [2.05, 4.69) is 6.07 Å². The molecule has 0 atom stereocenters. The predicted molar refractivity (Wildman–Crippen MR) is 83.7 cm³/mol. The van der Waals surface area contributed by atoms with Crippen molar-refractivity contribution in [2.24, 2.45) is 0 Å². The molecular weight excluding hydrogens is 296 g/mol. The van der Waals surface area contributed by atoms with Crippen LogP contribution in [0.5, 0.6) is 0 Å². The summed E-state index contributed by atoms with van der Waals surface area (Å²) in [5.74, 6) is 0.180. The van der Waals surface area contributed by atoms with Crippen LogP contribution in [0.25, 0.3) is 0 Å². The molecule has 0 fully saturated rings. The Hall–Kier alpha value is -2.58. The van der Waals surface area contributed by atoms with Crippen LogP contribution in [0.1, 0.15) is 26.3 Å². The van der Waals surface area contributed by atoms with Gasteiger partial charge in [0.2, 0.25) is 0 Å². The summed E-state index contributed by atoms with van der Waals surface area (Å²) < 4.78 is 0. The van der Waals surface area contributed by atoms with Crippen molar-refractivity contribution in [1.29, 1.82) is 5.26 Å². The first kappa shape index (κ1) is 14.4. The molecule has 2 aromatic rings. The van der Waals surface area contributed by atoms with Crippen molar-refractivity contribution in [3.05, 3.63) is 65.2 Å². The van der Waals surface area contributed by atoms with Crippen LogP contribution < -0.4 is 0 Å². The first-order valence-corrected chi connectivity index (χ1v) is 7.77. The first-order chi connectivity index (χ1) is 10.7. The van der Waals surface area contributed by atoms with Gasteiger partial charge >= 0.3 is 0 Å². The van der Waals surface area contributed by atoms with E-state index in [0.29, 0.717) is 29.0 Å². The number of benzene rings is 2. The molecule has 0 aromatic heterocycles. The molecule has 108 valence electrons. The van der Waals surface area contributed by atoms with Crippen molar-refractivity contribution in [3.63, 3.8) is 0 Å². The average Bonchev–Trinajstić information content (AvgIpc) is 2.81. The highest BCUT2D eigenvalue weighted by Gasteiger charge is 2.34. The van der Waals surface area contributed by atoms with Gasteiger partial charge in [0.1, 0.15) is 0 Å². The lowest BCUT2D eigenvalue weighted by atomic mass is 10.1. The van der Waals surface area contributed by atoms with Gasteiger partial charge in [-0.05, 0) is 36.4 Å². The third-order valence-electron chi connectivity index (χ3n) is 3.45. The lowest BCUT2D eigenvalue weighted by Gasteiger charge is -2.13. The smallest absolute Gasteiger partial charge is 0.261 e. The Morgan fingerprint density at radius 3 is 2.09 bits per heavy atom. The standard InChI is InChI=1S/C17H12N2O2S/c18-11-12-5-7-13(8-6-12)22-10-9-19-16(20)14-3-1-2-4-15(14)17(19)21/h1-8H,9-10H2. The quantitative estimate of drug-likeness (QED) is 0.643. The molecule has 0 saturated heterocycles. The molecule has 0 aliphatic carbocycles. The second kappa shape index (κ2) is 6.04. The highest BCUT2D eigenvalue weighted by molar-refractivity contribution is 7.99. The maximum Gasteiger partial charge on any atom is 0.261 e. The number of imide groups is 1.